The predicted molar refractivity (Wildman–Crippen MR) is 54.6 cm³/mol. The summed E-state index contributed by atoms with van der Waals surface area (Å²) in [6.07, 6.45) is 0.913. The molecule has 4 nitrogen and oxygen atoms in total. The molecule has 0 unspecified atom stereocenters. The molecule has 0 spiro atoms. The Morgan fingerprint density at radius 2 is 2.00 bits per heavy atom. The van der Waals surface area contributed by atoms with Crippen LogP contribution in [0.15, 0.2) is 11.5 Å². The van der Waals surface area contributed by atoms with Crippen LogP contribution < -0.4 is 5.32 Å². The van der Waals surface area contributed by atoms with E-state index >= 15 is 0 Å². The topological polar surface area (TPSA) is 47.6 Å². The molecule has 0 saturated heterocycles. The van der Waals surface area contributed by atoms with E-state index in [1.54, 1.807) is 6.92 Å². The molecular weight excluding hydrogens is 182 g/mol. The molecule has 0 aliphatic carbocycles. The standard InChI is InChI=1S/C10H19NO3/c1-5-7-11-9(12)8(3)10(13-4)14-6-2/h5-7H2,1-4H3,(H,11,12)/b10-8-. The van der Waals surface area contributed by atoms with Crippen LogP contribution in [0.1, 0.15) is 27.2 Å². The minimum Gasteiger partial charge on any atom is -0.468 e. The van der Waals surface area contributed by atoms with E-state index in [4.69, 9.17) is 9.47 Å². The van der Waals surface area contributed by atoms with Gasteiger partial charge in [0.25, 0.3) is 11.9 Å². The Morgan fingerprint density at radius 1 is 1.36 bits per heavy atom. The molecule has 14 heavy (non-hydrogen) atoms. The monoisotopic (exact) mass is 201 g/mol. The summed E-state index contributed by atoms with van der Waals surface area (Å²) < 4.78 is 10.1. The van der Waals surface area contributed by atoms with Crippen LogP contribution in [-0.4, -0.2) is 26.2 Å². The normalized spacial score (nSPS) is 11.7. The van der Waals surface area contributed by atoms with Gasteiger partial charge in [-0.05, 0) is 20.3 Å². The third-order valence-corrected chi connectivity index (χ3v) is 1.64. The Bertz CT molecular complexity index is 211. The minimum absolute atomic E-state index is 0.142. The van der Waals surface area contributed by atoms with Gasteiger partial charge in [-0.25, -0.2) is 0 Å². The second-order valence-electron chi connectivity index (χ2n) is 2.81. The lowest BCUT2D eigenvalue weighted by molar-refractivity contribution is -0.118. The van der Waals surface area contributed by atoms with Gasteiger partial charge in [-0.3, -0.25) is 4.79 Å². The van der Waals surface area contributed by atoms with Crippen molar-refractivity contribution >= 4 is 5.91 Å². The molecule has 0 rings (SSSR count). The Balaban J connectivity index is 4.35. The van der Waals surface area contributed by atoms with Gasteiger partial charge in [0.2, 0.25) is 0 Å². The summed E-state index contributed by atoms with van der Waals surface area (Å²) in [5, 5.41) is 2.75. The number of nitrogens with one attached hydrogen (secondary N) is 1. The molecule has 0 aliphatic heterocycles. The fraction of sp³-hybridized carbons (Fsp3) is 0.700. The van der Waals surface area contributed by atoms with Crippen molar-refractivity contribution in [3.05, 3.63) is 11.5 Å². The first-order valence-corrected chi connectivity index (χ1v) is 4.83. The number of amides is 1. The lowest BCUT2D eigenvalue weighted by Gasteiger charge is -2.10. The zero-order valence-corrected chi connectivity index (χ0v) is 9.35. The molecule has 1 amide bonds. The largest absolute Gasteiger partial charge is 0.468 e. The summed E-state index contributed by atoms with van der Waals surface area (Å²) in [5.41, 5.74) is 0.475. The highest BCUT2D eigenvalue weighted by molar-refractivity contribution is 5.92. The Kier molecular flexibility index (Phi) is 6.62. The molecule has 0 atom stereocenters. The van der Waals surface area contributed by atoms with Gasteiger partial charge in [-0.15, -0.1) is 0 Å². The summed E-state index contributed by atoms with van der Waals surface area (Å²) >= 11 is 0. The van der Waals surface area contributed by atoms with Gasteiger partial charge >= 0.3 is 0 Å². The Hall–Kier alpha value is -1.19. The van der Waals surface area contributed by atoms with Crippen LogP contribution in [0.4, 0.5) is 0 Å². The van der Waals surface area contributed by atoms with Gasteiger partial charge in [0.1, 0.15) is 0 Å². The number of carbonyl (C=O) groups is 1. The highest BCUT2D eigenvalue weighted by Gasteiger charge is 2.11. The van der Waals surface area contributed by atoms with Crippen LogP contribution in [-0.2, 0) is 14.3 Å². The maximum absolute atomic E-state index is 11.4. The molecule has 82 valence electrons. The molecule has 0 saturated carbocycles. The predicted octanol–water partition coefficient (Wildman–Crippen LogP) is 1.43. The second-order valence-corrected chi connectivity index (χ2v) is 2.81. The minimum atomic E-state index is -0.142. The van der Waals surface area contributed by atoms with E-state index in [9.17, 15) is 4.79 Å². The molecule has 0 aromatic carbocycles. The fourth-order valence-electron chi connectivity index (χ4n) is 0.915. The smallest absolute Gasteiger partial charge is 0.287 e. The van der Waals surface area contributed by atoms with Gasteiger partial charge in [0.15, 0.2) is 0 Å². The molecule has 0 aromatic heterocycles. The van der Waals surface area contributed by atoms with Crippen molar-refractivity contribution in [2.24, 2.45) is 0 Å². The number of hydrogen-bond donors (Lipinski definition) is 1. The SMILES string of the molecule is CCCNC(=O)/C(C)=C(/OC)OCC. The number of hydrogen-bond acceptors (Lipinski definition) is 3. The third-order valence-electron chi connectivity index (χ3n) is 1.64. The second kappa shape index (κ2) is 7.24. The average Bonchev–Trinajstić information content (AvgIpc) is 2.21. The summed E-state index contributed by atoms with van der Waals surface area (Å²) in [6, 6.07) is 0. The van der Waals surface area contributed by atoms with E-state index in [1.807, 2.05) is 13.8 Å². The van der Waals surface area contributed by atoms with E-state index in [2.05, 4.69) is 5.32 Å². The van der Waals surface area contributed by atoms with Crippen molar-refractivity contribution in [3.63, 3.8) is 0 Å². The Morgan fingerprint density at radius 3 is 2.43 bits per heavy atom. The molecular formula is C10H19NO3. The van der Waals surface area contributed by atoms with Crippen LogP contribution in [0.3, 0.4) is 0 Å². The Labute approximate surface area is 85.3 Å². The molecule has 0 heterocycles. The van der Waals surface area contributed by atoms with Crippen molar-refractivity contribution in [2.45, 2.75) is 27.2 Å². The van der Waals surface area contributed by atoms with Gasteiger partial charge in [-0.2, -0.15) is 0 Å². The number of carbonyl (C=O) groups excluding carboxylic acids is 1. The van der Waals surface area contributed by atoms with E-state index < -0.39 is 0 Å². The lowest BCUT2D eigenvalue weighted by Crippen LogP contribution is -2.26. The first kappa shape index (κ1) is 12.8. The van der Waals surface area contributed by atoms with Crippen molar-refractivity contribution in [2.75, 3.05) is 20.3 Å². The van der Waals surface area contributed by atoms with Gasteiger partial charge in [0.05, 0.1) is 19.3 Å². The number of methoxy groups -OCH3 is 1. The van der Waals surface area contributed by atoms with Crippen molar-refractivity contribution in [1.82, 2.24) is 5.32 Å². The average molecular weight is 201 g/mol. The molecule has 0 aromatic rings. The third kappa shape index (κ3) is 4.16. The van der Waals surface area contributed by atoms with E-state index in [-0.39, 0.29) is 5.91 Å². The van der Waals surface area contributed by atoms with Crippen LogP contribution in [0, 0.1) is 0 Å². The van der Waals surface area contributed by atoms with Gasteiger partial charge < -0.3 is 14.8 Å². The first-order chi connectivity index (χ1) is 6.67. The number of ether oxygens (including phenoxy) is 2. The fourth-order valence-corrected chi connectivity index (χ4v) is 0.915. The number of rotatable bonds is 6. The van der Waals surface area contributed by atoms with Crippen LogP contribution in [0.5, 0.6) is 0 Å². The first-order valence-electron chi connectivity index (χ1n) is 4.83. The zero-order valence-electron chi connectivity index (χ0n) is 9.35. The maximum atomic E-state index is 11.4. The van der Waals surface area contributed by atoms with Gasteiger partial charge in [0, 0.05) is 6.54 Å². The summed E-state index contributed by atoms with van der Waals surface area (Å²) in [7, 11) is 1.49. The summed E-state index contributed by atoms with van der Waals surface area (Å²) in [6.45, 7) is 6.68. The van der Waals surface area contributed by atoms with E-state index in [1.165, 1.54) is 7.11 Å². The highest BCUT2D eigenvalue weighted by Crippen LogP contribution is 2.06. The lowest BCUT2D eigenvalue weighted by atomic mass is 10.3. The molecule has 0 fully saturated rings. The maximum Gasteiger partial charge on any atom is 0.287 e. The summed E-state index contributed by atoms with van der Waals surface area (Å²) in [4.78, 5) is 11.4. The van der Waals surface area contributed by atoms with Crippen molar-refractivity contribution in [1.29, 1.82) is 0 Å². The van der Waals surface area contributed by atoms with E-state index in [0.29, 0.717) is 24.7 Å². The molecule has 0 bridgehead atoms. The molecule has 1 N–H and O–H groups in total. The quantitative estimate of drug-likeness (QED) is 0.522. The van der Waals surface area contributed by atoms with Crippen LogP contribution >= 0.6 is 0 Å². The highest BCUT2D eigenvalue weighted by atomic mass is 16.7. The molecule has 0 aliphatic rings. The van der Waals surface area contributed by atoms with Crippen molar-refractivity contribution < 1.29 is 14.3 Å². The van der Waals surface area contributed by atoms with Crippen molar-refractivity contribution in [3.8, 4) is 0 Å². The zero-order chi connectivity index (χ0) is 11.0. The van der Waals surface area contributed by atoms with E-state index in [0.717, 1.165) is 6.42 Å². The van der Waals surface area contributed by atoms with Crippen LogP contribution in [0.2, 0.25) is 0 Å². The van der Waals surface area contributed by atoms with Crippen LogP contribution in [0.25, 0.3) is 0 Å². The molecule has 0 radical (unpaired) electrons. The summed E-state index contributed by atoms with van der Waals surface area (Å²) in [5.74, 6) is 0.151. The molecule has 4 heteroatoms. The van der Waals surface area contributed by atoms with Gasteiger partial charge in [-0.1, -0.05) is 6.92 Å².